The molecule has 2 atom stereocenters. The zero-order valence-corrected chi connectivity index (χ0v) is 14.2. The van der Waals surface area contributed by atoms with Crippen LogP contribution in [0.1, 0.15) is 24.0 Å². The van der Waals surface area contributed by atoms with Gasteiger partial charge in [0, 0.05) is 12.8 Å². The molecule has 2 aromatic rings. The van der Waals surface area contributed by atoms with E-state index < -0.39 is 12.3 Å². The fourth-order valence-electron chi connectivity index (χ4n) is 2.47. The molecular formula is C20H24F2S. The first-order valence-electron chi connectivity index (χ1n) is 8.18. The Morgan fingerprint density at radius 2 is 1.04 bits per heavy atom. The molecule has 0 amide bonds. The number of hydrogen-bond donors (Lipinski definition) is 0. The van der Waals surface area contributed by atoms with Crippen LogP contribution in [-0.4, -0.2) is 23.8 Å². The van der Waals surface area contributed by atoms with Crippen LogP contribution in [0.3, 0.4) is 0 Å². The monoisotopic (exact) mass is 334 g/mol. The molecule has 2 aromatic carbocycles. The molecule has 3 heteroatoms. The Morgan fingerprint density at radius 3 is 1.43 bits per heavy atom. The van der Waals surface area contributed by atoms with Crippen molar-refractivity contribution in [1.29, 1.82) is 0 Å². The third-order valence-corrected chi connectivity index (χ3v) is 4.80. The molecule has 0 aliphatic carbocycles. The topological polar surface area (TPSA) is 0 Å². The molecule has 0 aliphatic rings. The summed E-state index contributed by atoms with van der Waals surface area (Å²) in [4.78, 5) is 0. The maximum Gasteiger partial charge on any atom is 0.105 e. The van der Waals surface area contributed by atoms with Gasteiger partial charge in [0.1, 0.15) is 12.3 Å². The number of alkyl halides is 2. The van der Waals surface area contributed by atoms with Crippen molar-refractivity contribution < 1.29 is 8.78 Å². The van der Waals surface area contributed by atoms with Crippen molar-refractivity contribution in [3.05, 3.63) is 71.8 Å². The molecule has 0 N–H and O–H groups in total. The van der Waals surface area contributed by atoms with E-state index in [2.05, 4.69) is 0 Å². The first-order chi connectivity index (χ1) is 11.2. The molecule has 0 saturated carbocycles. The SMILES string of the molecule is F[C@H](CCSCC[C@H](F)Cc1ccccc1)Cc1ccccc1. The summed E-state index contributed by atoms with van der Waals surface area (Å²) in [6.07, 6.45) is 0.401. The fourth-order valence-corrected chi connectivity index (χ4v) is 3.52. The Balaban J connectivity index is 1.53. The predicted molar refractivity (Wildman–Crippen MR) is 96.6 cm³/mol. The van der Waals surface area contributed by atoms with E-state index in [-0.39, 0.29) is 0 Å². The Bertz CT molecular complexity index is 480. The maximum atomic E-state index is 13.9. The van der Waals surface area contributed by atoms with Crippen molar-refractivity contribution in [2.75, 3.05) is 11.5 Å². The van der Waals surface area contributed by atoms with Crippen molar-refractivity contribution in [1.82, 2.24) is 0 Å². The molecule has 0 heterocycles. The van der Waals surface area contributed by atoms with E-state index >= 15 is 0 Å². The summed E-state index contributed by atoms with van der Waals surface area (Å²) in [6, 6.07) is 19.4. The first-order valence-corrected chi connectivity index (χ1v) is 9.33. The highest BCUT2D eigenvalue weighted by molar-refractivity contribution is 7.99. The number of hydrogen-bond acceptors (Lipinski definition) is 1. The zero-order valence-electron chi connectivity index (χ0n) is 13.3. The second-order valence-corrected chi connectivity index (χ2v) is 6.99. The molecule has 0 aromatic heterocycles. The van der Waals surface area contributed by atoms with Gasteiger partial charge in [0.2, 0.25) is 0 Å². The third-order valence-electron chi connectivity index (χ3n) is 3.75. The van der Waals surface area contributed by atoms with Gasteiger partial charge in [-0.25, -0.2) is 8.78 Å². The van der Waals surface area contributed by atoms with Gasteiger partial charge in [0.15, 0.2) is 0 Å². The third kappa shape index (κ3) is 7.65. The zero-order chi connectivity index (χ0) is 16.3. The molecule has 23 heavy (non-hydrogen) atoms. The van der Waals surface area contributed by atoms with E-state index in [1.54, 1.807) is 11.8 Å². The highest BCUT2D eigenvalue weighted by Crippen LogP contribution is 2.16. The summed E-state index contributed by atoms with van der Waals surface area (Å²) in [5.74, 6) is 1.51. The van der Waals surface area contributed by atoms with Gasteiger partial charge in [-0.1, -0.05) is 60.7 Å². The van der Waals surface area contributed by atoms with Gasteiger partial charge in [-0.15, -0.1) is 0 Å². The molecule has 0 saturated heterocycles. The second-order valence-electron chi connectivity index (χ2n) is 5.76. The van der Waals surface area contributed by atoms with Crippen molar-refractivity contribution in [3.8, 4) is 0 Å². The van der Waals surface area contributed by atoms with Crippen LogP contribution in [0.15, 0.2) is 60.7 Å². The smallest absolute Gasteiger partial charge is 0.105 e. The number of rotatable bonds is 10. The lowest BCUT2D eigenvalue weighted by atomic mass is 10.1. The Labute approximate surface area is 142 Å². The minimum absolute atomic E-state index is 0.473. The van der Waals surface area contributed by atoms with Gasteiger partial charge in [0.25, 0.3) is 0 Å². The fraction of sp³-hybridized carbons (Fsp3) is 0.400. The Morgan fingerprint density at radius 1 is 0.652 bits per heavy atom. The molecule has 2 rings (SSSR count). The van der Waals surface area contributed by atoms with Gasteiger partial charge >= 0.3 is 0 Å². The van der Waals surface area contributed by atoms with Gasteiger partial charge < -0.3 is 0 Å². The Kier molecular flexibility index (Phi) is 8.16. The molecule has 0 fully saturated rings. The first kappa shape index (κ1) is 18.0. The lowest BCUT2D eigenvalue weighted by molar-refractivity contribution is 0.323. The van der Waals surface area contributed by atoms with Crippen molar-refractivity contribution >= 4 is 11.8 Å². The number of benzene rings is 2. The summed E-state index contributed by atoms with van der Waals surface area (Å²) in [7, 11) is 0. The van der Waals surface area contributed by atoms with Crippen LogP contribution in [0.2, 0.25) is 0 Å². The average Bonchev–Trinajstić information content (AvgIpc) is 2.56. The van der Waals surface area contributed by atoms with E-state index in [0.29, 0.717) is 25.7 Å². The largest absolute Gasteiger partial charge is 0.247 e. The van der Waals surface area contributed by atoms with Crippen LogP contribution in [0.5, 0.6) is 0 Å². The summed E-state index contributed by atoms with van der Waals surface area (Å²) < 4.78 is 27.7. The minimum atomic E-state index is -0.810. The van der Waals surface area contributed by atoms with E-state index in [9.17, 15) is 8.78 Å². The van der Waals surface area contributed by atoms with E-state index in [1.165, 1.54) is 0 Å². The van der Waals surface area contributed by atoms with Gasteiger partial charge in [-0.2, -0.15) is 11.8 Å². The lowest BCUT2D eigenvalue weighted by Gasteiger charge is -2.10. The number of halogens is 2. The van der Waals surface area contributed by atoms with Crippen molar-refractivity contribution in [2.45, 2.75) is 38.0 Å². The van der Waals surface area contributed by atoms with Crippen LogP contribution in [0, 0.1) is 0 Å². The quantitative estimate of drug-likeness (QED) is 0.505. The average molecular weight is 334 g/mol. The minimum Gasteiger partial charge on any atom is -0.247 e. The highest BCUT2D eigenvalue weighted by Gasteiger charge is 2.10. The van der Waals surface area contributed by atoms with E-state index in [0.717, 1.165) is 22.6 Å². The Hall–Kier alpha value is -1.35. The van der Waals surface area contributed by atoms with Crippen LogP contribution >= 0.6 is 11.8 Å². The van der Waals surface area contributed by atoms with E-state index in [1.807, 2.05) is 60.7 Å². The van der Waals surface area contributed by atoms with Gasteiger partial charge in [-0.3, -0.25) is 0 Å². The van der Waals surface area contributed by atoms with Gasteiger partial charge in [0.05, 0.1) is 0 Å². The molecule has 0 bridgehead atoms. The van der Waals surface area contributed by atoms with Crippen LogP contribution in [-0.2, 0) is 12.8 Å². The molecule has 0 aliphatic heterocycles. The van der Waals surface area contributed by atoms with Crippen LogP contribution in [0.4, 0.5) is 8.78 Å². The molecular weight excluding hydrogens is 310 g/mol. The molecule has 0 spiro atoms. The summed E-state index contributed by atoms with van der Waals surface area (Å²) >= 11 is 1.65. The van der Waals surface area contributed by atoms with Crippen molar-refractivity contribution in [2.24, 2.45) is 0 Å². The molecule has 0 radical (unpaired) electrons. The number of thioether (sulfide) groups is 1. The predicted octanol–water partition coefficient (Wildman–Crippen LogP) is 5.66. The lowest BCUT2D eigenvalue weighted by Crippen LogP contribution is -2.08. The normalized spacial score (nSPS) is 13.7. The highest BCUT2D eigenvalue weighted by atomic mass is 32.2. The molecule has 0 unspecified atom stereocenters. The van der Waals surface area contributed by atoms with Crippen LogP contribution < -0.4 is 0 Å². The summed E-state index contributed by atoms with van der Waals surface area (Å²) in [5.41, 5.74) is 2.08. The summed E-state index contributed by atoms with van der Waals surface area (Å²) in [6.45, 7) is 0. The standard InChI is InChI=1S/C20H24F2S/c21-19(15-17-7-3-1-4-8-17)11-13-23-14-12-20(22)16-18-9-5-2-6-10-18/h1-10,19-20H,11-16H2/t19-,20+. The van der Waals surface area contributed by atoms with Gasteiger partial charge in [-0.05, 0) is 35.5 Å². The van der Waals surface area contributed by atoms with Crippen molar-refractivity contribution in [3.63, 3.8) is 0 Å². The molecule has 0 nitrogen and oxygen atoms in total. The maximum absolute atomic E-state index is 13.9. The van der Waals surface area contributed by atoms with Crippen LogP contribution in [0.25, 0.3) is 0 Å². The second kappa shape index (κ2) is 10.4. The molecule has 124 valence electrons. The van der Waals surface area contributed by atoms with E-state index in [4.69, 9.17) is 0 Å². The summed E-state index contributed by atoms with van der Waals surface area (Å²) in [5, 5.41) is 0.